The van der Waals surface area contributed by atoms with Crippen molar-refractivity contribution in [3.63, 3.8) is 0 Å². The molecule has 25 heavy (non-hydrogen) atoms. The summed E-state index contributed by atoms with van der Waals surface area (Å²) in [5.41, 5.74) is 0.855. The van der Waals surface area contributed by atoms with Crippen LogP contribution in [0.4, 0.5) is 22.0 Å². The number of ether oxygens (including phenoxy) is 2. The second-order valence-corrected chi connectivity index (χ2v) is 5.68. The predicted molar refractivity (Wildman–Crippen MR) is 83.1 cm³/mol. The van der Waals surface area contributed by atoms with E-state index in [9.17, 15) is 22.0 Å². The Bertz CT molecular complexity index is 711. The van der Waals surface area contributed by atoms with Crippen molar-refractivity contribution in [2.45, 2.75) is 38.7 Å². The average molecular weight is 360 g/mol. The maximum Gasteiger partial charge on any atom is 0.499 e. The van der Waals surface area contributed by atoms with Crippen LogP contribution in [-0.2, 0) is 6.42 Å². The Labute approximate surface area is 142 Å². The Balaban J connectivity index is 2.31. The van der Waals surface area contributed by atoms with Crippen molar-refractivity contribution in [1.29, 1.82) is 0 Å². The molecule has 0 saturated carbocycles. The van der Waals surface area contributed by atoms with Gasteiger partial charge in [-0.25, -0.2) is 0 Å². The molecular weight excluding hydrogens is 343 g/mol. The lowest BCUT2D eigenvalue weighted by Gasteiger charge is -2.22. The van der Waals surface area contributed by atoms with Crippen LogP contribution in [0.3, 0.4) is 0 Å². The van der Waals surface area contributed by atoms with E-state index in [2.05, 4.69) is 4.74 Å². The highest BCUT2D eigenvalue weighted by atomic mass is 19.4. The van der Waals surface area contributed by atoms with E-state index in [1.807, 2.05) is 13.8 Å². The van der Waals surface area contributed by atoms with Crippen LogP contribution in [0.5, 0.6) is 11.5 Å². The van der Waals surface area contributed by atoms with Crippen LogP contribution in [0.25, 0.3) is 0 Å². The average Bonchev–Trinajstić information content (AvgIpc) is 2.49. The van der Waals surface area contributed by atoms with Crippen LogP contribution in [0.2, 0.25) is 0 Å². The minimum absolute atomic E-state index is 0.0903. The highest BCUT2D eigenvalue weighted by Gasteiger charge is 2.61. The van der Waals surface area contributed by atoms with Crippen LogP contribution in [0, 0.1) is 0 Å². The smallest absolute Gasteiger partial charge is 0.491 e. The summed E-state index contributed by atoms with van der Waals surface area (Å²) in [6, 6.07) is 12.3. The molecule has 0 fully saturated rings. The second kappa shape index (κ2) is 7.29. The zero-order chi connectivity index (χ0) is 18.7. The van der Waals surface area contributed by atoms with Gasteiger partial charge in [0.1, 0.15) is 11.5 Å². The van der Waals surface area contributed by atoms with Gasteiger partial charge in [0.2, 0.25) is 0 Å². The van der Waals surface area contributed by atoms with Gasteiger partial charge in [0, 0.05) is 6.42 Å². The van der Waals surface area contributed by atoms with E-state index in [1.165, 1.54) is 12.1 Å². The number of benzene rings is 2. The summed E-state index contributed by atoms with van der Waals surface area (Å²) in [6.45, 7) is 3.66. The van der Waals surface area contributed by atoms with Gasteiger partial charge in [-0.15, -0.1) is 0 Å². The number of alkyl halides is 5. The Morgan fingerprint density at radius 2 is 1.28 bits per heavy atom. The molecule has 0 atom stereocenters. The molecule has 0 saturated heterocycles. The first-order chi connectivity index (χ1) is 11.6. The van der Waals surface area contributed by atoms with Crippen LogP contribution in [0.15, 0.2) is 48.5 Å². The molecule has 0 N–H and O–H groups in total. The molecule has 0 aliphatic rings. The largest absolute Gasteiger partial charge is 0.499 e. The van der Waals surface area contributed by atoms with E-state index >= 15 is 0 Å². The topological polar surface area (TPSA) is 18.5 Å². The molecular formula is C18H17F5O2. The van der Waals surface area contributed by atoms with E-state index in [-0.39, 0.29) is 18.1 Å². The zero-order valence-electron chi connectivity index (χ0n) is 13.6. The third-order valence-corrected chi connectivity index (χ3v) is 3.26. The summed E-state index contributed by atoms with van der Waals surface area (Å²) >= 11 is 0. The molecule has 2 nitrogen and oxygen atoms in total. The molecule has 2 rings (SSSR count). The molecule has 0 spiro atoms. The standard InChI is InChI=1S/C18H17F5O2/c1-12(2)24-15-9-5-3-7-13(15)11-14-8-4-6-10-16(14)25-18(22,23)17(19,20)21/h3-10,12H,11H2,1-2H3. The second-order valence-electron chi connectivity index (χ2n) is 5.68. The molecule has 2 aromatic rings. The quantitative estimate of drug-likeness (QED) is 0.625. The lowest BCUT2D eigenvalue weighted by atomic mass is 10.0. The Hall–Kier alpha value is -2.31. The van der Waals surface area contributed by atoms with Gasteiger partial charge in [-0.2, -0.15) is 22.0 Å². The molecule has 0 aromatic heterocycles. The summed E-state index contributed by atoms with van der Waals surface area (Å²) in [7, 11) is 0. The van der Waals surface area contributed by atoms with E-state index in [4.69, 9.17) is 4.74 Å². The molecule has 0 bridgehead atoms. The van der Waals surface area contributed by atoms with Gasteiger partial charge in [0.15, 0.2) is 0 Å². The minimum Gasteiger partial charge on any atom is -0.491 e. The number of halogens is 5. The molecule has 0 radical (unpaired) electrons. The van der Waals surface area contributed by atoms with Crippen LogP contribution < -0.4 is 9.47 Å². The third kappa shape index (κ3) is 4.84. The van der Waals surface area contributed by atoms with Crippen molar-refractivity contribution in [1.82, 2.24) is 0 Å². The number of hydrogen-bond acceptors (Lipinski definition) is 2. The van der Waals surface area contributed by atoms with E-state index in [1.54, 1.807) is 30.3 Å². The van der Waals surface area contributed by atoms with Gasteiger partial charge in [0.05, 0.1) is 6.10 Å². The Morgan fingerprint density at radius 3 is 1.80 bits per heavy atom. The van der Waals surface area contributed by atoms with Crippen molar-refractivity contribution in [2.24, 2.45) is 0 Å². The van der Waals surface area contributed by atoms with E-state index < -0.39 is 18.0 Å². The maximum atomic E-state index is 13.2. The Morgan fingerprint density at radius 1 is 0.800 bits per heavy atom. The van der Waals surface area contributed by atoms with Crippen molar-refractivity contribution in [2.75, 3.05) is 0 Å². The summed E-state index contributed by atoms with van der Waals surface area (Å²) in [5.74, 6) is 0.0130. The number of hydrogen-bond donors (Lipinski definition) is 0. The predicted octanol–water partition coefficient (Wildman–Crippen LogP) is 5.60. The number of para-hydroxylation sites is 2. The first-order valence-electron chi connectivity index (χ1n) is 7.56. The summed E-state index contributed by atoms with van der Waals surface area (Å²) in [6.07, 6.45) is -11.1. The van der Waals surface area contributed by atoms with Gasteiger partial charge >= 0.3 is 12.3 Å². The monoisotopic (exact) mass is 360 g/mol. The molecule has 0 aliphatic heterocycles. The Kier molecular flexibility index (Phi) is 5.55. The fourth-order valence-electron chi connectivity index (χ4n) is 2.17. The van der Waals surface area contributed by atoms with Crippen LogP contribution in [0.1, 0.15) is 25.0 Å². The van der Waals surface area contributed by atoms with Crippen LogP contribution in [-0.4, -0.2) is 18.4 Å². The minimum atomic E-state index is -5.79. The summed E-state index contributed by atoms with van der Waals surface area (Å²) in [4.78, 5) is 0. The summed E-state index contributed by atoms with van der Waals surface area (Å²) in [5, 5.41) is 0. The normalized spacial score (nSPS) is 12.3. The molecule has 136 valence electrons. The van der Waals surface area contributed by atoms with Gasteiger partial charge in [-0.3, -0.25) is 0 Å². The van der Waals surface area contributed by atoms with Crippen molar-refractivity contribution in [3.8, 4) is 11.5 Å². The molecule has 7 heteroatoms. The molecule has 0 aliphatic carbocycles. The molecule has 0 unspecified atom stereocenters. The molecule has 2 aromatic carbocycles. The molecule has 0 heterocycles. The SMILES string of the molecule is CC(C)Oc1ccccc1Cc1ccccc1OC(F)(F)C(F)(F)F. The van der Waals surface area contributed by atoms with Crippen molar-refractivity contribution >= 4 is 0 Å². The third-order valence-electron chi connectivity index (χ3n) is 3.26. The fraction of sp³-hybridized carbons (Fsp3) is 0.333. The van der Waals surface area contributed by atoms with E-state index in [0.717, 1.165) is 6.07 Å². The van der Waals surface area contributed by atoms with Gasteiger partial charge < -0.3 is 9.47 Å². The summed E-state index contributed by atoms with van der Waals surface area (Å²) < 4.78 is 73.2. The van der Waals surface area contributed by atoms with Crippen molar-refractivity contribution in [3.05, 3.63) is 59.7 Å². The first-order valence-corrected chi connectivity index (χ1v) is 7.56. The highest BCUT2D eigenvalue weighted by molar-refractivity contribution is 5.42. The van der Waals surface area contributed by atoms with Crippen LogP contribution >= 0.6 is 0 Å². The lowest BCUT2D eigenvalue weighted by Crippen LogP contribution is -2.42. The fourth-order valence-corrected chi connectivity index (χ4v) is 2.17. The highest BCUT2D eigenvalue weighted by Crippen LogP contribution is 2.38. The zero-order valence-corrected chi connectivity index (χ0v) is 13.6. The first kappa shape index (κ1) is 19.0. The maximum absolute atomic E-state index is 13.2. The van der Waals surface area contributed by atoms with E-state index in [0.29, 0.717) is 11.3 Å². The van der Waals surface area contributed by atoms with Gasteiger partial charge in [-0.05, 0) is 37.1 Å². The van der Waals surface area contributed by atoms with Crippen molar-refractivity contribution < 1.29 is 31.4 Å². The molecule has 0 amide bonds. The number of rotatable bonds is 6. The van der Waals surface area contributed by atoms with Gasteiger partial charge in [-0.1, -0.05) is 36.4 Å². The lowest BCUT2D eigenvalue weighted by molar-refractivity contribution is -0.360. The van der Waals surface area contributed by atoms with Gasteiger partial charge in [0.25, 0.3) is 0 Å².